The number of aliphatic hydroxyl groups is 1. The number of nitrogens with one attached hydrogen (secondary N) is 3. The third-order valence-electron chi connectivity index (χ3n) is 13.1. The number of hydrogen-bond donors (Lipinski definition) is 4. The highest BCUT2D eigenvalue weighted by Crippen LogP contribution is 2.50. The lowest BCUT2D eigenvalue weighted by atomic mass is 9.84. The number of carbonyl (C=O) groups is 4. The molecule has 0 aliphatic rings. The fourth-order valence-electron chi connectivity index (χ4n) is 9.31. The summed E-state index contributed by atoms with van der Waals surface area (Å²) in [5, 5.41) is 20.3. The smallest absolute Gasteiger partial charge is 0.305 e. The Morgan fingerprint density at radius 2 is 0.960 bits per heavy atom. The molecule has 11 heteroatoms. The Hall–Kier alpha value is -7.18. The molecule has 3 amide bonds. The van der Waals surface area contributed by atoms with Crippen molar-refractivity contribution < 1.29 is 29.0 Å². The molecule has 0 saturated heterocycles. The van der Waals surface area contributed by atoms with Gasteiger partial charge in [0.2, 0.25) is 17.7 Å². The molecule has 3 atom stereocenters. The predicted molar refractivity (Wildman–Crippen MR) is 305 cm³/mol. The molecule has 0 saturated carbocycles. The Morgan fingerprint density at radius 1 is 0.533 bits per heavy atom. The number of unbranched alkanes of at least 4 members (excludes halogenated alkanes) is 2. The Kier molecular flexibility index (Phi) is 21.5. The summed E-state index contributed by atoms with van der Waals surface area (Å²) >= 11 is 3.37. The minimum atomic E-state index is -1.11. The number of methoxy groups -OCH3 is 1. The number of hydrogen-bond acceptors (Lipinski definition) is 8. The van der Waals surface area contributed by atoms with Gasteiger partial charge in [0.25, 0.3) is 0 Å². The van der Waals surface area contributed by atoms with Crippen LogP contribution in [0.4, 0.5) is 0 Å². The van der Waals surface area contributed by atoms with E-state index in [1.54, 1.807) is 17.8 Å². The first-order valence-electron chi connectivity index (χ1n) is 25.7. The molecule has 0 aliphatic carbocycles. The average Bonchev–Trinajstić information content (AvgIpc) is 3.46. The minimum absolute atomic E-state index is 0.150. The summed E-state index contributed by atoms with van der Waals surface area (Å²) in [4.78, 5) is 54.7. The molecular formula is C64H67N3O6S2. The van der Waals surface area contributed by atoms with Gasteiger partial charge in [-0.1, -0.05) is 231 Å². The van der Waals surface area contributed by atoms with E-state index in [0.29, 0.717) is 38.6 Å². The molecule has 0 bridgehead atoms. The number of allylic oxidation sites excluding steroid dienone is 1. The zero-order valence-electron chi connectivity index (χ0n) is 42.5. The quantitative estimate of drug-likeness (QED) is 0.0165. The van der Waals surface area contributed by atoms with Crippen molar-refractivity contribution in [3.63, 3.8) is 0 Å². The van der Waals surface area contributed by atoms with Crippen LogP contribution in [0.1, 0.15) is 77.5 Å². The lowest BCUT2D eigenvalue weighted by molar-refractivity contribution is -0.140. The summed E-state index contributed by atoms with van der Waals surface area (Å²) in [6.07, 6.45) is 5.19. The van der Waals surface area contributed by atoms with Gasteiger partial charge in [-0.3, -0.25) is 19.2 Å². The van der Waals surface area contributed by atoms with E-state index in [-0.39, 0.29) is 30.5 Å². The topological polar surface area (TPSA) is 134 Å². The Labute approximate surface area is 451 Å². The Balaban J connectivity index is 1.07. The molecular weight excluding hydrogens is 971 g/mol. The van der Waals surface area contributed by atoms with Crippen LogP contribution in [-0.2, 0) is 39.8 Å². The molecule has 7 aromatic carbocycles. The first kappa shape index (κ1) is 55.6. The van der Waals surface area contributed by atoms with Crippen molar-refractivity contribution >= 4 is 47.2 Å². The first-order chi connectivity index (χ1) is 36.7. The summed E-state index contributed by atoms with van der Waals surface area (Å²) in [7, 11) is 1.37. The average molecular weight is 1040 g/mol. The van der Waals surface area contributed by atoms with Gasteiger partial charge in [-0.15, -0.1) is 23.5 Å². The summed E-state index contributed by atoms with van der Waals surface area (Å²) in [6, 6.07) is 69.2. The molecule has 75 heavy (non-hydrogen) atoms. The number of thioether (sulfide) groups is 2. The summed E-state index contributed by atoms with van der Waals surface area (Å²) in [5.41, 5.74) is 7.31. The largest absolute Gasteiger partial charge is 0.469 e. The van der Waals surface area contributed by atoms with E-state index < -0.39 is 39.5 Å². The SMILES string of the molecule is COC(=O)CCCCCNC(=O)[C@@H](CSC(c1ccccc1)(c1ccccc1)c1ccccc1)NC(=O)[C@@H](Cc1ccccc1)NC(=O)C[C@H](O)C=CCCSC(c1ccccc1)(c1ccccc1)c1ccccc1. The number of aliphatic hydroxyl groups excluding tert-OH is 1. The summed E-state index contributed by atoms with van der Waals surface area (Å²) in [6.45, 7) is 0.334. The first-order valence-corrected chi connectivity index (χ1v) is 27.6. The zero-order chi connectivity index (χ0) is 52.6. The molecule has 0 unspecified atom stereocenters. The molecule has 0 fully saturated rings. The molecule has 386 valence electrons. The number of ether oxygens (including phenoxy) is 1. The maximum atomic E-state index is 14.7. The van der Waals surface area contributed by atoms with Gasteiger partial charge < -0.3 is 25.8 Å². The van der Waals surface area contributed by atoms with E-state index in [0.717, 1.165) is 44.7 Å². The third-order valence-corrected chi connectivity index (χ3v) is 16.3. The van der Waals surface area contributed by atoms with Crippen molar-refractivity contribution in [2.24, 2.45) is 0 Å². The maximum Gasteiger partial charge on any atom is 0.305 e. The van der Waals surface area contributed by atoms with Crippen LogP contribution in [0.5, 0.6) is 0 Å². The van der Waals surface area contributed by atoms with E-state index in [1.165, 1.54) is 7.11 Å². The summed E-state index contributed by atoms with van der Waals surface area (Å²) in [5.74, 6) is -0.804. The van der Waals surface area contributed by atoms with E-state index in [4.69, 9.17) is 4.74 Å². The van der Waals surface area contributed by atoms with Gasteiger partial charge in [0.15, 0.2) is 0 Å². The van der Waals surface area contributed by atoms with Gasteiger partial charge in [0.05, 0.1) is 29.1 Å². The highest BCUT2D eigenvalue weighted by atomic mass is 32.2. The molecule has 0 radical (unpaired) electrons. The predicted octanol–water partition coefficient (Wildman–Crippen LogP) is 11.2. The molecule has 9 nitrogen and oxygen atoms in total. The number of amides is 3. The normalized spacial score (nSPS) is 12.8. The van der Waals surface area contributed by atoms with Crippen LogP contribution >= 0.6 is 23.5 Å². The van der Waals surface area contributed by atoms with Crippen molar-refractivity contribution in [3.8, 4) is 0 Å². The van der Waals surface area contributed by atoms with E-state index in [1.807, 2.05) is 121 Å². The van der Waals surface area contributed by atoms with Crippen molar-refractivity contribution in [2.45, 2.75) is 72.6 Å². The molecule has 0 aromatic heterocycles. The molecule has 0 aliphatic heterocycles. The molecule has 0 spiro atoms. The monoisotopic (exact) mass is 1040 g/mol. The second kappa shape index (κ2) is 29.1. The Morgan fingerprint density at radius 3 is 1.40 bits per heavy atom. The van der Waals surface area contributed by atoms with Gasteiger partial charge >= 0.3 is 5.97 Å². The van der Waals surface area contributed by atoms with E-state index >= 15 is 0 Å². The molecule has 0 heterocycles. The van der Waals surface area contributed by atoms with Crippen molar-refractivity contribution in [3.05, 3.63) is 263 Å². The van der Waals surface area contributed by atoms with Gasteiger partial charge in [0, 0.05) is 25.1 Å². The number of esters is 1. The van der Waals surface area contributed by atoms with Crippen LogP contribution in [0.3, 0.4) is 0 Å². The Bertz CT molecular complexity index is 2650. The van der Waals surface area contributed by atoms with Crippen LogP contribution in [0.2, 0.25) is 0 Å². The highest BCUT2D eigenvalue weighted by molar-refractivity contribution is 8.00. The van der Waals surface area contributed by atoms with E-state index in [2.05, 4.69) is 125 Å². The fourth-order valence-corrected chi connectivity index (χ4v) is 12.3. The van der Waals surface area contributed by atoms with Gasteiger partial charge in [0.1, 0.15) is 12.1 Å². The van der Waals surface area contributed by atoms with Crippen LogP contribution in [0, 0.1) is 0 Å². The van der Waals surface area contributed by atoms with Gasteiger partial charge in [-0.25, -0.2) is 0 Å². The second-order valence-corrected chi connectivity index (χ2v) is 20.8. The molecule has 7 rings (SSSR count). The van der Waals surface area contributed by atoms with Crippen LogP contribution < -0.4 is 16.0 Å². The number of benzene rings is 7. The van der Waals surface area contributed by atoms with Crippen molar-refractivity contribution in [1.82, 2.24) is 16.0 Å². The standard InChI is InChI=1S/C64H67N3O6S2/c1-73-60(70)43-24-9-26-44-65-61(71)58(48-75-64(53-36-18-6-19-37-53,54-38-20-7-21-39-54)55-40-22-8-23-41-55)67-62(72)57(46-49-28-10-2-11-29-49)66-59(69)47-56(68)42-25-27-45-74-63(50-30-12-3-13-31-50,51-32-14-4-15-33-51)52-34-16-5-17-35-52/h2-8,10-23,25,28-42,56-58,68H,9,24,26-27,43-48H2,1H3,(H,65,71)(H,66,69)(H,67,72)/t56-,57-,58-/m1/s1. The van der Waals surface area contributed by atoms with Crippen LogP contribution in [0.25, 0.3) is 0 Å². The number of carbonyl (C=O) groups excluding carboxylic acids is 4. The maximum absolute atomic E-state index is 14.7. The molecule has 7 aromatic rings. The van der Waals surface area contributed by atoms with Crippen molar-refractivity contribution in [1.29, 1.82) is 0 Å². The van der Waals surface area contributed by atoms with Gasteiger partial charge in [-0.2, -0.15) is 0 Å². The fraction of sp³-hybridized carbons (Fsp3) is 0.250. The lowest BCUT2D eigenvalue weighted by Gasteiger charge is -2.36. The summed E-state index contributed by atoms with van der Waals surface area (Å²) < 4.78 is 3.52. The van der Waals surface area contributed by atoms with Crippen LogP contribution in [-0.4, -0.2) is 72.1 Å². The van der Waals surface area contributed by atoms with Crippen molar-refractivity contribution in [2.75, 3.05) is 25.2 Å². The third kappa shape index (κ3) is 15.4. The molecule has 4 N–H and O–H groups in total. The number of rotatable bonds is 28. The highest BCUT2D eigenvalue weighted by Gasteiger charge is 2.40. The zero-order valence-corrected chi connectivity index (χ0v) is 44.1. The second-order valence-electron chi connectivity index (χ2n) is 18.3. The van der Waals surface area contributed by atoms with Crippen LogP contribution in [0.15, 0.2) is 224 Å². The van der Waals surface area contributed by atoms with Gasteiger partial charge in [-0.05, 0) is 64.0 Å². The minimum Gasteiger partial charge on any atom is -0.469 e. The van der Waals surface area contributed by atoms with E-state index in [9.17, 15) is 24.3 Å². The lowest BCUT2D eigenvalue weighted by Crippen LogP contribution is -2.55.